The Morgan fingerprint density at radius 1 is 1.03 bits per heavy atom. The molecular formula is C31H38N2O4. The number of aliphatic hydroxyl groups is 1. The van der Waals surface area contributed by atoms with Crippen molar-refractivity contribution in [3.05, 3.63) is 63.7 Å². The van der Waals surface area contributed by atoms with Gasteiger partial charge in [0.05, 0.1) is 5.60 Å². The number of hydrogen-bond acceptors (Lipinski definition) is 4. The average molecular weight is 503 g/mol. The van der Waals surface area contributed by atoms with E-state index in [1.807, 2.05) is 46.8 Å². The van der Waals surface area contributed by atoms with Gasteiger partial charge in [0, 0.05) is 18.7 Å². The largest absolute Gasteiger partial charge is 0.444 e. The molecule has 6 heteroatoms. The quantitative estimate of drug-likeness (QED) is 0.569. The molecule has 6 nitrogen and oxygen atoms in total. The summed E-state index contributed by atoms with van der Waals surface area (Å²) in [4.78, 5) is 26.9. The van der Waals surface area contributed by atoms with Crippen molar-refractivity contribution in [2.75, 3.05) is 6.54 Å². The zero-order valence-corrected chi connectivity index (χ0v) is 22.6. The maximum Gasteiger partial charge on any atom is 0.410 e. The SMILES string of the molecule is CC(C)(C)OC(=O)N1CCc2c(cccc2-c2ccc(C(N)=O)c3c2C2=C(C3)CC(C(C)(C)O)CC2)C1. The fourth-order valence-electron chi connectivity index (χ4n) is 6.29. The average Bonchev–Trinajstić information content (AvgIpc) is 3.20. The molecule has 0 aromatic heterocycles. The van der Waals surface area contributed by atoms with Gasteiger partial charge in [-0.3, -0.25) is 4.79 Å². The van der Waals surface area contributed by atoms with Crippen LogP contribution in [-0.2, 0) is 24.1 Å². The van der Waals surface area contributed by atoms with Crippen molar-refractivity contribution in [3.8, 4) is 11.1 Å². The second-order valence-electron chi connectivity index (χ2n) is 12.3. The Labute approximate surface area is 219 Å². The molecular weight excluding hydrogens is 464 g/mol. The first-order valence-electron chi connectivity index (χ1n) is 13.3. The van der Waals surface area contributed by atoms with Crippen molar-refractivity contribution in [1.82, 2.24) is 4.90 Å². The van der Waals surface area contributed by atoms with Crippen LogP contribution in [0.2, 0.25) is 0 Å². The van der Waals surface area contributed by atoms with Crippen molar-refractivity contribution in [1.29, 1.82) is 0 Å². The molecule has 196 valence electrons. The molecule has 5 rings (SSSR count). The van der Waals surface area contributed by atoms with E-state index in [9.17, 15) is 14.7 Å². The molecule has 1 unspecified atom stereocenters. The van der Waals surface area contributed by atoms with E-state index in [2.05, 4.69) is 18.2 Å². The maximum atomic E-state index is 12.7. The first-order chi connectivity index (χ1) is 17.3. The van der Waals surface area contributed by atoms with Gasteiger partial charge in [-0.2, -0.15) is 0 Å². The number of primary amides is 1. The Hall–Kier alpha value is -3.12. The number of amides is 2. The van der Waals surface area contributed by atoms with Crippen LogP contribution >= 0.6 is 0 Å². The monoisotopic (exact) mass is 502 g/mol. The number of benzene rings is 2. The summed E-state index contributed by atoms with van der Waals surface area (Å²) < 4.78 is 5.61. The van der Waals surface area contributed by atoms with Gasteiger partial charge >= 0.3 is 6.09 Å². The summed E-state index contributed by atoms with van der Waals surface area (Å²) in [7, 11) is 0. The van der Waals surface area contributed by atoms with E-state index < -0.39 is 17.1 Å². The molecule has 1 heterocycles. The molecule has 1 atom stereocenters. The fraction of sp³-hybridized carbons (Fsp3) is 0.484. The first kappa shape index (κ1) is 25.5. The summed E-state index contributed by atoms with van der Waals surface area (Å²) in [6.07, 6.45) is 3.80. The topological polar surface area (TPSA) is 92.9 Å². The van der Waals surface area contributed by atoms with E-state index in [0.717, 1.165) is 53.5 Å². The van der Waals surface area contributed by atoms with Crippen LogP contribution in [0.4, 0.5) is 4.79 Å². The molecule has 3 N–H and O–H groups in total. The van der Waals surface area contributed by atoms with Crippen LogP contribution in [0.3, 0.4) is 0 Å². The molecule has 3 aliphatic rings. The van der Waals surface area contributed by atoms with Crippen molar-refractivity contribution in [2.24, 2.45) is 11.7 Å². The summed E-state index contributed by atoms with van der Waals surface area (Å²) in [5.41, 5.74) is 14.6. The van der Waals surface area contributed by atoms with Crippen LogP contribution in [-0.4, -0.2) is 39.8 Å². The highest BCUT2D eigenvalue weighted by Gasteiger charge is 2.37. The van der Waals surface area contributed by atoms with Crippen LogP contribution in [0.25, 0.3) is 16.7 Å². The molecule has 0 saturated heterocycles. The van der Waals surface area contributed by atoms with E-state index in [1.54, 1.807) is 4.90 Å². The van der Waals surface area contributed by atoms with Crippen LogP contribution in [0.1, 0.15) is 86.5 Å². The minimum atomic E-state index is -0.735. The van der Waals surface area contributed by atoms with Crippen LogP contribution in [0.5, 0.6) is 0 Å². The van der Waals surface area contributed by atoms with E-state index in [1.165, 1.54) is 16.7 Å². The zero-order valence-electron chi connectivity index (χ0n) is 22.6. The minimum Gasteiger partial charge on any atom is -0.444 e. The molecule has 0 fully saturated rings. The van der Waals surface area contributed by atoms with Gasteiger partial charge in [-0.05, 0) is 118 Å². The highest BCUT2D eigenvalue weighted by atomic mass is 16.6. The summed E-state index contributed by atoms with van der Waals surface area (Å²) in [6, 6.07) is 10.2. The van der Waals surface area contributed by atoms with Crippen molar-refractivity contribution >= 4 is 17.6 Å². The summed E-state index contributed by atoms with van der Waals surface area (Å²) in [5.74, 6) is -0.200. The lowest BCUT2D eigenvalue weighted by Gasteiger charge is -2.34. The lowest BCUT2D eigenvalue weighted by Crippen LogP contribution is -2.40. The highest BCUT2D eigenvalue weighted by molar-refractivity contribution is 6.00. The molecule has 1 aliphatic heterocycles. The number of hydrogen-bond donors (Lipinski definition) is 2. The van der Waals surface area contributed by atoms with Crippen LogP contribution < -0.4 is 5.73 Å². The van der Waals surface area contributed by atoms with Crippen molar-refractivity contribution < 1.29 is 19.4 Å². The van der Waals surface area contributed by atoms with Crippen LogP contribution in [0.15, 0.2) is 35.9 Å². The van der Waals surface area contributed by atoms with E-state index >= 15 is 0 Å². The number of nitrogens with zero attached hydrogens (tertiary/aromatic N) is 1. The molecule has 2 aliphatic carbocycles. The Kier molecular flexibility index (Phi) is 6.22. The van der Waals surface area contributed by atoms with Crippen molar-refractivity contribution in [2.45, 2.75) is 84.5 Å². The molecule has 0 bridgehead atoms. The third-order valence-corrected chi connectivity index (χ3v) is 8.14. The lowest BCUT2D eigenvalue weighted by atomic mass is 9.75. The Morgan fingerprint density at radius 3 is 2.46 bits per heavy atom. The Bertz CT molecular complexity index is 1310. The highest BCUT2D eigenvalue weighted by Crippen LogP contribution is 2.50. The summed E-state index contributed by atoms with van der Waals surface area (Å²) in [6.45, 7) is 10.5. The molecule has 37 heavy (non-hydrogen) atoms. The van der Waals surface area contributed by atoms with Gasteiger partial charge in [0.15, 0.2) is 0 Å². The third-order valence-electron chi connectivity index (χ3n) is 8.14. The molecule has 2 aromatic carbocycles. The van der Waals surface area contributed by atoms with Gasteiger partial charge in [-0.1, -0.05) is 29.8 Å². The smallest absolute Gasteiger partial charge is 0.410 e. The number of carbonyl (C=O) groups excluding carboxylic acids is 2. The standard InChI is InChI=1S/C31H38N2O4/c1-30(2,3)37-29(35)33-14-13-21-18(17-33)7-6-8-23(21)24-11-12-25(28(32)34)26-16-19-15-20(31(4,5)36)9-10-22(19)27(24)26/h6-8,11-12,20,36H,9-10,13-17H2,1-5H3,(H2,32,34). The van der Waals surface area contributed by atoms with Gasteiger partial charge in [0.1, 0.15) is 5.60 Å². The van der Waals surface area contributed by atoms with Gasteiger partial charge in [0.2, 0.25) is 5.91 Å². The predicted molar refractivity (Wildman–Crippen MR) is 145 cm³/mol. The summed E-state index contributed by atoms with van der Waals surface area (Å²) in [5, 5.41) is 10.7. The zero-order chi connectivity index (χ0) is 26.7. The van der Waals surface area contributed by atoms with E-state index in [0.29, 0.717) is 25.1 Å². The predicted octanol–water partition coefficient (Wildman–Crippen LogP) is 5.63. The maximum absolute atomic E-state index is 12.7. The summed E-state index contributed by atoms with van der Waals surface area (Å²) >= 11 is 0. The Balaban J connectivity index is 1.55. The Morgan fingerprint density at radius 2 is 1.78 bits per heavy atom. The third kappa shape index (κ3) is 4.79. The molecule has 2 amide bonds. The van der Waals surface area contributed by atoms with Gasteiger partial charge < -0.3 is 20.5 Å². The van der Waals surface area contributed by atoms with E-state index in [4.69, 9.17) is 10.5 Å². The van der Waals surface area contributed by atoms with Crippen molar-refractivity contribution in [3.63, 3.8) is 0 Å². The van der Waals surface area contributed by atoms with Gasteiger partial charge in [-0.15, -0.1) is 0 Å². The minimum absolute atomic E-state index is 0.198. The number of fused-ring (bicyclic) bond motifs is 3. The van der Waals surface area contributed by atoms with Crippen LogP contribution in [0, 0.1) is 5.92 Å². The number of carbonyl (C=O) groups is 2. The molecule has 2 aromatic rings. The lowest BCUT2D eigenvalue weighted by molar-refractivity contribution is 0.0122. The number of ether oxygens (including phenoxy) is 1. The number of nitrogens with two attached hydrogens (primary N) is 1. The second kappa shape index (κ2) is 9.02. The fourth-order valence-corrected chi connectivity index (χ4v) is 6.29. The molecule has 0 saturated carbocycles. The molecule has 0 spiro atoms. The van der Waals surface area contributed by atoms with E-state index in [-0.39, 0.29) is 12.0 Å². The second-order valence-corrected chi connectivity index (χ2v) is 12.3. The molecule has 0 radical (unpaired) electrons. The normalized spacial score (nSPS) is 19.3. The van der Waals surface area contributed by atoms with Gasteiger partial charge in [0.25, 0.3) is 0 Å². The first-order valence-corrected chi connectivity index (χ1v) is 13.3. The number of allylic oxidation sites excluding steroid dienone is 2. The number of rotatable bonds is 3. The van der Waals surface area contributed by atoms with Gasteiger partial charge in [-0.25, -0.2) is 4.79 Å².